The van der Waals surface area contributed by atoms with E-state index < -0.39 is 12.0 Å². The summed E-state index contributed by atoms with van der Waals surface area (Å²) >= 11 is 0. The summed E-state index contributed by atoms with van der Waals surface area (Å²) in [6.07, 6.45) is 8.41. The van der Waals surface area contributed by atoms with Gasteiger partial charge >= 0.3 is 5.97 Å². The highest BCUT2D eigenvalue weighted by Crippen LogP contribution is 2.20. The smallest absolute Gasteiger partial charge is 0.311 e. The predicted molar refractivity (Wildman–Crippen MR) is 104 cm³/mol. The fraction of sp³-hybridized carbons (Fsp3) is 0.409. The van der Waals surface area contributed by atoms with Crippen LogP contribution in [0, 0.1) is 11.8 Å². The molecule has 25 heavy (non-hydrogen) atoms. The first-order valence-electron chi connectivity index (χ1n) is 8.77. The highest BCUT2D eigenvalue weighted by molar-refractivity contribution is 5.72. The molecule has 0 saturated carbocycles. The fourth-order valence-corrected chi connectivity index (χ4v) is 2.62. The molecule has 3 nitrogen and oxygen atoms in total. The van der Waals surface area contributed by atoms with Crippen LogP contribution in [0.4, 0.5) is 0 Å². The zero-order chi connectivity index (χ0) is 18.8. The molecule has 136 valence electrons. The van der Waals surface area contributed by atoms with E-state index in [1.807, 2.05) is 31.2 Å². The maximum atomic E-state index is 11.6. The molecule has 1 aromatic carbocycles. The predicted octanol–water partition coefficient (Wildman–Crippen LogP) is 4.79. The van der Waals surface area contributed by atoms with E-state index in [0.717, 1.165) is 23.1 Å². The molecule has 0 heterocycles. The van der Waals surface area contributed by atoms with Crippen LogP contribution >= 0.6 is 0 Å². The Kier molecular flexibility index (Phi) is 8.93. The van der Waals surface area contributed by atoms with E-state index in [1.165, 1.54) is 7.11 Å². The molecule has 0 aliphatic rings. The van der Waals surface area contributed by atoms with Crippen LogP contribution in [-0.4, -0.2) is 24.3 Å². The van der Waals surface area contributed by atoms with Gasteiger partial charge in [-0.2, -0.15) is 0 Å². The van der Waals surface area contributed by atoms with Crippen LogP contribution in [0.5, 0.6) is 0 Å². The van der Waals surface area contributed by atoms with E-state index >= 15 is 0 Å². The van der Waals surface area contributed by atoms with Gasteiger partial charge < -0.3 is 9.84 Å². The summed E-state index contributed by atoms with van der Waals surface area (Å²) in [5.74, 6) is -1.06. The molecule has 0 aliphatic heterocycles. The summed E-state index contributed by atoms with van der Waals surface area (Å²) < 4.78 is 4.71. The van der Waals surface area contributed by atoms with Crippen molar-refractivity contribution in [2.45, 2.75) is 40.2 Å². The van der Waals surface area contributed by atoms with Crippen LogP contribution in [0.25, 0.3) is 6.08 Å². The van der Waals surface area contributed by atoms with E-state index in [1.54, 1.807) is 6.92 Å². The number of hydrogen-bond acceptors (Lipinski definition) is 3. The van der Waals surface area contributed by atoms with Gasteiger partial charge in [0.25, 0.3) is 0 Å². The minimum atomic E-state index is -0.762. The minimum Gasteiger partial charge on any atom is -0.469 e. The van der Waals surface area contributed by atoms with Crippen molar-refractivity contribution in [2.75, 3.05) is 7.11 Å². The third-order valence-electron chi connectivity index (χ3n) is 4.26. The van der Waals surface area contributed by atoms with Gasteiger partial charge in [-0.05, 0) is 25.8 Å². The van der Waals surface area contributed by atoms with E-state index in [0.29, 0.717) is 0 Å². The number of benzene rings is 1. The minimum absolute atomic E-state index is 0.133. The molecule has 0 fully saturated rings. The van der Waals surface area contributed by atoms with Crippen molar-refractivity contribution in [3.63, 3.8) is 0 Å². The van der Waals surface area contributed by atoms with Crippen molar-refractivity contribution in [2.24, 2.45) is 11.8 Å². The van der Waals surface area contributed by atoms with E-state index in [9.17, 15) is 9.90 Å². The van der Waals surface area contributed by atoms with Crippen LogP contribution in [0.3, 0.4) is 0 Å². The van der Waals surface area contributed by atoms with Crippen LogP contribution in [0.15, 0.2) is 59.7 Å². The number of hydrogen-bond donors (Lipinski definition) is 1. The lowest BCUT2D eigenvalue weighted by atomic mass is 9.91. The first kappa shape index (κ1) is 20.9. The molecule has 1 N–H and O–H groups in total. The second kappa shape index (κ2) is 10.7. The number of rotatable bonds is 8. The van der Waals surface area contributed by atoms with Crippen LogP contribution < -0.4 is 0 Å². The van der Waals surface area contributed by atoms with Crippen LogP contribution in [0.1, 0.15) is 39.7 Å². The number of aliphatic hydroxyl groups is 1. The highest BCUT2D eigenvalue weighted by Gasteiger charge is 2.26. The number of methoxy groups -OCH3 is 1. The largest absolute Gasteiger partial charge is 0.469 e. The van der Waals surface area contributed by atoms with Gasteiger partial charge in [-0.3, -0.25) is 4.79 Å². The Morgan fingerprint density at radius 3 is 2.44 bits per heavy atom. The normalized spacial score (nSPS) is 16.6. The Morgan fingerprint density at radius 1 is 1.24 bits per heavy atom. The SMILES string of the molecule is CCC(C=C(C)C=Cc1ccccc1)=CC(C)C(O)C(C)C(=O)OC. The molecular weight excluding hydrogens is 312 g/mol. The third-order valence-corrected chi connectivity index (χ3v) is 4.26. The van der Waals surface area contributed by atoms with Crippen molar-refractivity contribution >= 4 is 12.0 Å². The summed E-state index contributed by atoms with van der Waals surface area (Å²) in [5, 5.41) is 10.3. The second-order valence-electron chi connectivity index (χ2n) is 6.39. The zero-order valence-electron chi connectivity index (χ0n) is 15.9. The molecule has 3 heteroatoms. The lowest BCUT2D eigenvalue weighted by Gasteiger charge is -2.21. The van der Waals surface area contributed by atoms with Crippen LogP contribution in [0.2, 0.25) is 0 Å². The molecule has 0 aromatic heterocycles. The summed E-state index contributed by atoms with van der Waals surface area (Å²) in [6, 6.07) is 10.2. The van der Waals surface area contributed by atoms with Crippen molar-refractivity contribution in [1.29, 1.82) is 0 Å². The van der Waals surface area contributed by atoms with Gasteiger partial charge in [-0.25, -0.2) is 0 Å². The molecule has 1 aromatic rings. The number of esters is 1. The number of ether oxygens (including phenoxy) is 1. The van der Waals surface area contributed by atoms with Crippen molar-refractivity contribution < 1.29 is 14.6 Å². The standard InChI is InChI=1S/C22H30O3/c1-6-19(15-17(3)21(23)18(4)22(24)25-5)14-16(2)12-13-20-10-8-7-9-11-20/h7-15,17-18,21,23H,6H2,1-5H3. The zero-order valence-corrected chi connectivity index (χ0v) is 15.9. The van der Waals surface area contributed by atoms with Gasteiger partial charge in [-0.1, -0.05) is 79.6 Å². The molecule has 1 rings (SSSR count). The number of carbonyl (C=O) groups excluding carboxylic acids is 1. The van der Waals surface area contributed by atoms with Gasteiger partial charge in [-0.15, -0.1) is 0 Å². The Labute approximate surface area is 151 Å². The maximum Gasteiger partial charge on any atom is 0.311 e. The molecular formula is C22H30O3. The maximum absolute atomic E-state index is 11.6. The molecule has 0 radical (unpaired) electrons. The average molecular weight is 342 g/mol. The Balaban J connectivity index is 2.83. The Bertz CT molecular complexity index is 626. The van der Waals surface area contributed by atoms with Crippen LogP contribution in [-0.2, 0) is 9.53 Å². The van der Waals surface area contributed by atoms with Gasteiger partial charge in [0.15, 0.2) is 0 Å². The van der Waals surface area contributed by atoms with Gasteiger partial charge in [0.05, 0.1) is 19.1 Å². The Morgan fingerprint density at radius 2 is 1.88 bits per heavy atom. The monoisotopic (exact) mass is 342 g/mol. The van der Waals surface area contributed by atoms with Crippen molar-refractivity contribution in [3.05, 3.63) is 65.3 Å². The van der Waals surface area contributed by atoms with E-state index in [4.69, 9.17) is 4.74 Å². The van der Waals surface area contributed by atoms with Gasteiger partial charge in [0.2, 0.25) is 0 Å². The molecule has 3 atom stereocenters. The first-order chi connectivity index (χ1) is 11.9. The lowest BCUT2D eigenvalue weighted by Crippen LogP contribution is -2.31. The summed E-state index contributed by atoms with van der Waals surface area (Å²) in [5.41, 5.74) is 3.44. The van der Waals surface area contributed by atoms with Crippen molar-refractivity contribution in [3.8, 4) is 0 Å². The summed E-state index contributed by atoms with van der Waals surface area (Å²) in [6.45, 7) is 7.75. The summed E-state index contributed by atoms with van der Waals surface area (Å²) in [4.78, 5) is 11.6. The average Bonchev–Trinajstić information content (AvgIpc) is 2.64. The second-order valence-corrected chi connectivity index (χ2v) is 6.39. The molecule has 0 bridgehead atoms. The molecule has 0 aliphatic carbocycles. The van der Waals surface area contributed by atoms with E-state index in [2.05, 4.69) is 44.2 Å². The molecule has 0 spiro atoms. The number of aliphatic hydroxyl groups excluding tert-OH is 1. The quantitative estimate of drug-likeness (QED) is 0.546. The number of allylic oxidation sites excluding steroid dienone is 4. The molecule has 0 saturated heterocycles. The fourth-order valence-electron chi connectivity index (χ4n) is 2.62. The number of carbonyl (C=O) groups is 1. The summed E-state index contributed by atoms with van der Waals surface area (Å²) in [7, 11) is 1.34. The first-order valence-corrected chi connectivity index (χ1v) is 8.77. The third kappa shape index (κ3) is 7.10. The molecule has 3 unspecified atom stereocenters. The molecule has 0 amide bonds. The van der Waals surface area contributed by atoms with Gasteiger partial charge in [0.1, 0.15) is 0 Å². The Hall–Kier alpha value is -2.13. The van der Waals surface area contributed by atoms with Gasteiger partial charge in [0, 0.05) is 5.92 Å². The van der Waals surface area contributed by atoms with Crippen molar-refractivity contribution in [1.82, 2.24) is 0 Å². The highest BCUT2D eigenvalue weighted by atomic mass is 16.5. The lowest BCUT2D eigenvalue weighted by molar-refractivity contribution is -0.149. The van der Waals surface area contributed by atoms with E-state index in [-0.39, 0.29) is 11.9 Å². The topological polar surface area (TPSA) is 46.5 Å².